The smallest absolute Gasteiger partial charge is 0.0183 e. The minimum atomic E-state index is 0.183. The topological polar surface area (TPSA) is 26.0 Å². The molecule has 0 aliphatic heterocycles. The van der Waals surface area contributed by atoms with Crippen molar-refractivity contribution in [2.75, 3.05) is 5.75 Å². The van der Waals surface area contributed by atoms with E-state index in [4.69, 9.17) is 5.73 Å². The summed E-state index contributed by atoms with van der Waals surface area (Å²) in [6, 6.07) is 8.58. The van der Waals surface area contributed by atoms with Gasteiger partial charge in [-0.05, 0) is 29.7 Å². The number of halogens is 1. The minimum absolute atomic E-state index is 0.183. The van der Waals surface area contributed by atoms with Gasteiger partial charge >= 0.3 is 0 Å². The highest BCUT2D eigenvalue weighted by atomic mass is 79.9. The highest BCUT2D eigenvalue weighted by Gasteiger charge is 2.20. The number of hydrogen-bond acceptors (Lipinski definition) is 2. The number of thioether (sulfide) groups is 1. The summed E-state index contributed by atoms with van der Waals surface area (Å²) in [6.07, 6.45) is 0. The van der Waals surface area contributed by atoms with Crippen LogP contribution in [0.15, 0.2) is 33.6 Å². The number of nitrogens with two attached hydrogens (primary N) is 1. The molecule has 15 heavy (non-hydrogen) atoms. The third-order valence-electron chi connectivity index (χ3n) is 2.36. The van der Waals surface area contributed by atoms with Crippen molar-refractivity contribution in [1.82, 2.24) is 0 Å². The number of hydrogen-bond donors (Lipinski definition) is 1. The van der Waals surface area contributed by atoms with Crippen LogP contribution in [0.3, 0.4) is 0 Å². The second-order valence-corrected chi connectivity index (χ2v) is 6.75. The van der Waals surface area contributed by atoms with Crippen LogP contribution in [-0.2, 0) is 0 Å². The van der Waals surface area contributed by atoms with Gasteiger partial charge in [0.1, 0.15) is 0 Å². The summed E-state index contributed by atoms with van der Waals surface area (Å²) >= 11 is 5.24. The van der Waals surface area contributed by atoms with Gasteiger partial charge in [0.15, 0.2) is 0 Å². The Labute approximate surface area is 105 Å². The molecule has 0 bridgehead atoms. The van der Waals surface area contributed by atoms with Gasteiger partial charge in [-0.25, -0.2) is 0 Å². The quantitative estimate of drug-likeness (QED) is 0.853. The first-order valence-electron chi connectivity index (χ1n) is 5.03. The predicted molar refractivity (Wildman–Crippen MR) is 72.3 cm³/mol. The fraction of sp³-hybridized carbons (Fsp3) is 0.500. The zero-order valence-electron chi connectivity index (χ0n) is 9.46. The summed E-state index contributed by atoms with van der Waals surface area (Å²) in [4.78, 5) is 1.28. The van der Waals surface area contributed by atoms with Gasteiger partial charge < -0.3 is 5.73 Å². The van der Waals surface area contributed by atoms with Crippen molar-refractivity contribution < 1.29 is 0 Å². The summed E-state index contributed by atoms with van der Waals surface area (Å²) in [6.45, 7) is 6.54. The Hall–Kier alpha value is 0.01000. The molecule has 1 nitrogen and oxygen atoms in total. The van der Waals surface area contributed by atoms with Gasteiger partial charge in [-0.1, -0.05) is 36.7 Å². The summed E-state index contributed by atoms with van der Waals surface area (Å²) in [5.74, 6) is 0.963. The monoisotopic (exact) mass is 287 g/mol. The summed E-state index contributed by atoms with van der Waals surface area (Å²) in [5.41, 5.74) is 6.28. The molecule has 0 heterocycles. The van der Waals surface area contributed by atoms with Crippen LogP contribution in [-0.4, -0.2) is 11.8 Å². The first-order valence-corrected chi connectivity index (χ1v) is 6.81. The van der Waals surface area contributed by atoms with E-state index in [-0.39, 0.29) is 11.5 Å². The van der Waals surface area contributed by atoms with Gasteiger partial charge in [0.25, 0.3) is 0 Å². The van der Waals surface area contributed by atoms with Crippen LogP contribution in [0.2, 0.25) is 0 Å². The molecule has 3 heteroatoms. The molecule has 0 spiro atoms. The fourth-order valence-electron chi connectivity index (χ4n) is 0.967. The van der Waals surface area contributed by atoms with E-state index in [1.807, 2.05) is 11.8 Å². The Balaban J connectivity index is 2.47. The third-order valence-corrected chi connectivity index (χ3v) is 4.02. The van der Waals surface area contributed by atoms with Crippen molar-refractivity contribution in [2.24, 2.45) is 11.1 Å². The van der Waals surface area contributed by atoms with Crippen molar-refractivity contribution in [3.05, 3.63) is 28.7 Å². The van der Waals surface area contributed by atoms with Gasteiger partial charge in [0, 0.05) is 21.2 Å². The van der Waals surface area contributed by atoms with E-state index in [1.54, 1.807) is 0 Å². The molecule has 1 atom stereocenters. The van der Waals surface area contributed by atoms with Crippen molar-refractivity contribution >= 4 is 27.7 Å². The van der Waals surface area contributed by atoms with Crippen LogP contribution in [0.1, 0.15) is 20.8 Å². The first kappa shape index (κ1) is 13.1. The molecule has 1 aromatic rings. The minimum Gasteiger partial charge on any atom is -0.326 e. The Morgan fingerprint density at radius 3 is 2.27 bits per heavy atom. The molecule has 84 valence electrons. The van der Waals surface area contributed by atoms with Crippen LogP contribution in [0, 0.1) is 5.41 Å². The maximum absolute atomic E-state index is 6.10. The number of rotatable bonds is 3. The van der Waals surface area contributed by atoms with Gasteiger partial charge in [-0.2, -0.15) is 0 Å². The van der Waals surface area contributed by atoms with Crippen LogP contribution < -0.4 is 5.73 Å². The standard InChI is InChI=1S/C12H18BrNS/c1-12(2,3)11(14)8-15-10-6-4-9(13)5-7-10/h4-7,11H,8,14H2,1-3H3. The molecular formula is C12H18BrNS. The van der Waals surface area contributed by atoms with Crippen LogP contribution in [0.4, 0.5) is 0 Å². The van der Waals surface area contributed by atoms with Crippen molar-refractivity contribution in [1.29, 1.82) is 0 Å². The van der Waals surface area contributed by atoms with Gasteiger partial charge in [-0.3, -0.25) is 0 Å². The molecule has 0 aliphatic rings. The van der Waals surface area contributed by atoms with E-state index >= 15 is 0 Å². The second-order valence-electron chi connectivity index (χ2n) is 4.74. The van der Waals surface area contributed by atoms with E-state index in [0.717, 1.165) is 10.2 Å². The maximum atomic E-state index is 6.10. The Kier molecular flexibility index (Phi) is 4.68. The van der Waals surface area contributed by atoms with E-state index in [1.165, 1.54) is 4.90 Å². The largest absolute Gasteiger partial charge is 0.326 e. The summed E-state index contributed by atoms with van der Waals surface area (Å²) in [5, 5.41) is 0. The number of benzene rings is 1. The lowest BCUT2D eigenvalue weighted by molar-refractivity contribution is 0.344. The van der Waals surface area contributed by atoms with Gasteiger partial charge in [0.05, 0.1) is 0 Å². The molecule has 1 unspecified atom stereocenters. The Bertz CT molecular complexity index is 302. The van der Waals surface area contributed by atoms with Gasteiger partial charge in [0.2, 0.25) is 0 Å². The van der Waals surface area contributed by atoms with Crippen molar-refractivity contribution in [2.45, 2.75) is 31.7 Å². The highest BCUT2D eigenvalue weighted by molar-refractivity contribution is 9.10. The van der Waals surface area contributed by atoms with Gasteiger partial charge in [-0.15, -0.1) is 11.8 Å². The molecule has 0 saturated heterocycles. The van der Waals surface area contributed by atoms with Crippen LogP contribution in [0.5, 0.6) is 0 Å². The molecule has 0 fully saturated rings. The lowest BCUT2D eigenvalue weighted by atomic mass is 9.89. The van der Waals surface area contributed by atoms with Crippen LogP contribution in [0.25, 0.3) is 0 Å². The molecule has 0 aliphatic carbocycles. The molecule has 0 radical (unpaired) electrons. The normalized spacial score (nSPS) is 13.9. The lowest BCUT2D eigenvalue weighted by Crippen LogP contribution is -2.37. The maximum Gasteiger partial charge on any atom is 0.0183 e. The second kappa shape index (κ2) is 5.37. The third kappa shape index (κ3) is 4.58. The first-order chi connectivity index (χ1) is 6.89. The molecule has 0 amide bonds. The Morgan fingerprint density at radius 2 is 1.80 bits per heavy atom. The molecule has 1 rings (SSSR count). The zero-order chi connectivity index (χ0) is 11.5. The highest BCUT2D eigenvalue weighted by Crippen LogP contribution is 2.26. The van der Waals surface area contributed by atoms with E-state index in [9.17, 15) is 0 Å². The molecule has 0 aromatic heterocycles. The lowest BCUT2D eigenvalue weighted by Gasteiger charge is -2.26. The average molecular weight is 288 g/mol. The zero-order valence-corrected chi connectivity index (χ0v) is 11.9. The van der Waals surface area contributed by atoms with E-state index in [2.05, 4.69) is 61.0 Å². The van der Waals surface area contributed by atoms with Crippen molar-refractivity contribution in [3.63, 3.8) is 0 Å². The molecule has 1 aromatic carbocycles. The SMILES string of the molecule is CC(C)(C)C(N)CSc1ccc(Br)cc1. The molecule has 2 N–H and O–H groups in total. The van der Waals surface area contributed by atoms with Crippen LogP contribution >= 0.6 is 27.7 Å². The summed E-state index contributed by atoms with van der Waals surface area (Å²) < 4.78 is 1.12. The summed E-state index contributed by atoms with van der Waals surface area (Å²) in [7, 11) is 0. The van der Waals surface area contributed by atoms with E-state index in [0.29, 0.717) is 0 Å². The molecule has 0 saturated carbocycles. The fourth-order valence-corrected chi connectivity index (χ4v) is 2.43. The molecular weight excluding hydrogens is 270 g/mol. The van der Waals surface area contributed by atoms with Crippen molar-refractivity contribution in [3.8, 4) is 0 Å². The Morgan fingerprint density at radius 1 is 1.27 bits per heavy atom. The predicted octanol–water partition coefficient (Wildman–Crippen LogP) is 3.91. The average Bonchev–Trinajstić information content (AvgIpc) is 2.15. The van der Waals surface area contributed by atoms with E-state index < -0.39 is 0 Å².